The van der Waals surface area contributed by atoms with Gasteiger partial charge in [0.15, 0.2) is 5.82 Å². The molecule has 130 valence electrons. The van der Waals surface area contributed by atoms with Crippen LogP contribution in [0.15, 0.2) is 39.8 Å². The molecule has 9 heteroatoms. The minimum atomic E-state index is -3.46. The van der Waals surface area contributed by atoms with Gasteiger partial charge in [0.1, 0.15) is 0 Å². The maximum atomic E-state index is 12.3. The number of piperidine rings is 1. The van der Waals surface area contributed by atoms with E-state index in [-0.39, 0.29) is 12.6 Å². The van der Waals surface area contributed by atoms with Gasteiger partial charge >= 0.3 is 0 Å². The van der Waals surface area contributed by atoms with Gasteiger partial charge in [0.25, 0.3) is 0 Å². The van der Waals surface area contributed by atoms with Crippen LogP contribution in [0.1, 0.15) is 24.6 Å². The standard InChI is InChI=1S/C15H21N5O3S/c16-10-15-17-14(18-23-15)11-20-8-6-12(7-9-20)19-24(21,22)13-4-2-1-3-5-13/h1-5,12,19H,6-11,16H2. The van der Waals surface area contributed by atoms with Crippen LogP contribution < -0.4 is 10.5 Å². The first-order chi connectivity index (χ1) is 11.6. The summed E-state index contributed by atoms with van der Waals surface area (Å²) in [4.78, 5) is 6.66. The number of nitrogens with zero attached hydrogens (tertiary/aromatic N) is 3. The molecule has 3 N–H and O–H groups in total. The predicted molar refractivity (Wildman–Crippen MR) is 87.3 cm³/mol. The summed E-state index contributed by atoms with van der Waals surface area (Å²) < 4.78 is 32.5. The van der Waals surface area contributed by atoms with Crippen molar-refractivity contribution in [2.45, 2.75) is 36.9 Å². The molecule has 0 atom stereocenters. The third-order valence-electron chi connectivity index (χ3n) is 4.01. The minimum Gasteiger partial charge on any atom is -0.338 e. The molecule has 1 aliphatic rings. The quantitative estimate of drug-likeness (QED) is 0.777. The Morgan fingerprint density at radius 2 is 1.96 bits per heavy atom. The molecule has 2 heterocycles. The Bertz CT molecular complexity index is 754. The normalized spacial score (nSPS) is 17.2. The monoisotopic (exact) mass is 351 g/mol. The number of rotatable bonds is 6. The highest BCUT2D eigenvalue weighted by molar-refractivity contribution is 7.89. The highest BCUT2D eigenvalue weighted by Crippen LogP contribution is 2.16. The van der Waals surface area contributed by atoms with Crippen molar-refractivity contribution in [3.8, 4) is 0 Å². The fourth-order valence-electron chi connectivity index (χ4n) is 2.73. The molecule has 0 radical (unpaired) electrons. The lowest BCUT2D eigenvalue weighted by Crippen LogP contribution is -2.44. The zero-order valence-electron chi connectivity index (χ0n) is 13.3. The summed E-state index contributed by atoms with van der Waals surface area (Å²) in [6.07, 6.45) is 1.49. The van der Waals surface area contributed by atoms with Gasteiger partial charge in [-0.3, -0.25) is 4.90 Å². The van der Waals surface area contributed by atoms with Crippen LogP contribution in [0.4, 0.5) is 0 Å². The van der Waals surface area contributed by atoms with Crippen molar-refractivity contribution in [3.63, 3.8) is 0 Å². The molecule has 0 bridgehead atoms. The van der Waals surface area contributed by atoms with Crippen LogP contribution in [-0.4, -0.2) is 42.6 Å². The molecule has 0 aliphatic carbocycles. The van der Waals surface area contributed by atoms with Gasteiger partial charge in [-0.05, 0) is 25.0 Å². The summed E-state index contributed by atoms with van der Waals surface area (Å²) in [5.74, 6) is 1.04. The molecule has 3 rings (SSSR count). The Hall–Kier alpha value is -1.81. The lowest BCUT2D eigenvalue weighted by molar-refractivity contribution is 0.193. The number of sulfonamides is 1. The Kier molecular flexibility index (Phi) is 5.24. The molecule has 1 aromatic heterocycles. The summed E-state index contributed by atoms with van der Waals surface area (Å²) in [6, 6.07) is 8.38. The second-order valence-electron chi connectivity index (χ2n) is 5.79. The average molecular weight is 351 g/mol. The summed E-state index contributed by atoms with van der Waals surface area (Å²) in [5.41, 5.74) is 5.45. The molecule has 24 heavy (non-hydrogen) atoms. The van der Waals surface area contributed by atoms with E-state index < -0.39 is 10.0 Å². The van der Waals surface area contributed by atoms with Crippen LogP contribution >= 0.6 is 0 Å². The molecule has 2 aromatic rings. The third kappa shape index (κ3) is 4.18. The minimum absolute atomic E-state index is 0.0590. The molecular formula is C15H21N5O3S. The van der Waals surface area contributed by atoms with Gasteiger partial charge in [-0.15, -0.1) is 0 Å². The largest absolute Gasteiger partial charge is 0.338 e. The van der Waals surface area contributed by atoms with Crippen LogP contribution in [-0.2, 0) is 23.1 Å². The highest BCUT2D eigenvalue weighted by atomic mass is 32.2. The van der Waals surface area contributed by atoms with E-state index in [1.165, 1.54) is 0 Å². The van der Waals surface area contributed by atoms with E-state index in [0.29, 0.717) is 23.2 Å². The van der Waals surface area contributed by atoms with Gasteiger partial charge in [0.05, 0.1) is 18.0 Å². The van der Waals surface area contributed by atoms with Gasteiger partial charge in [0, 0.05) is 19.1 Å². The van der Waals surface area contributed by atoms with Crippen molar-refractivity contribution in [1.29, 1.82) is 0 Å². The number of hydrogen-bond donors (Lipinski definition) is 2. The van der Waals surface area contributed by atoms with Crippen molar-refractivity contribution in [2.24, 2.45) is 5.73 Å². The van der Waals surface area contributed by atoms with Crippen molar-refractivity contribution in [3.05, 3.63) is 42.0 Å². The number of benzene rings is 1. The van der Waals surface area contributed by atoms with E-state index in [1.807, 2.05) is 0 Å². The first kappa shape index (κ1) is 17.0. The molecular weight excluding hydrogens is 330 g/mol. The van der Waals surface area contributed by atoms with Crippen molar-refractivity contribution >= 4 is 10.0 Å². The Balaban J connectivity index is 1.52. The smallest absolute Gasteiger partial charge is 0.240 e. The lowest BCUT2D eigenvalue weighted by Gasteiger charge is -2.31. The molecule has 1 fully saturated rings. The van der Waals surface area contributed by atoms with E-state index in [1.54, 1.807) is 30.3 Å². The number of aromatic nitrogens is 2. The Labute approximate surface area is 141 Å². The summed E-state index contributed by atoms with van der Waals surface area (Å²) in [6.45, 7) is 2.36. The molecule has 0 amide bonds. The van der Waals surface area contributed by atoms with E-state index in [2.05, 4.69) is 19.8 Å². The topological polar surface area (TPSA) is 114 Å². The van der Waals surface area contributed by atoms with Crippen LogP contribution in [0.2, 0.25) is 0 Å². The maximum absolute atomic E-state index is 12.3. The van der Waals surface area contributed by atoms with Crippen LogP contribution in [0.3, 0.4) is 0 Å². The third-order valence-corrected chi connectivity index (χ3v) is 5.55. The Morgan fingerprint density at radius 3 is 2.58 bits per heavy atom. The zero-order valence-corrected chi connectivity index (χ0v) is 14.1. The average Bonchev–Trinajstić information content (AvgIpc) is 3.05. The van der Waals surface area contributed by atoms with E-state index in [0.717, 1.165) is 25.9 Å². The predicted octanol–water partition coefficient (Wildman–Crippen LogP) is 0.471. The lowest BCUT2D eigenvalue weighted by atomic mass is 10.1. The summed E-state index contributed by atoms with van der Waals surface area (Å²) in [5, 5.41) is 3.88. The van der Waals surface area contributed by atoms with Gasteiger partial charge < -0.3 is 10.3 Å². The number of nitrogens with two attached hydrogens (primary N) is 1. The number of hydrogen-bond acceptors (Lipinski definition) is 7. The van der Waals surface area contributed by atoms with Crippen molar-refractivity contribution in [1.82, 2.24) is 19.8 Å². The van der Waals surface area contributed by atoms with Crippen LogP contribution in [0.5, 0.6) is 0 Å². The highest BCUT2D eigenvalue weighted by Gasteiger charge is 2.25. The second kappa shape index (κ2) is 7.39. The van der Waals surface area contributed by atoms with Crippen LogP contribution in [0, 0.1) is 0 Å². The Morgan fingerprint density at radius 1 is 1.25 bits per heavy atom. The van der Waals surface area contributed by atoms with Gasteiger partial charge in [-0.25, -0.2) is 13.1 Å². The van der Waals surface area contributed by atoms with E-state index in [9.17, 15) is 8.42 Å². The zero-order chi connectivity index (χ0) is 17.0. The van der Waals surface area contributed by atoms with Crippen LogP contribution in [0.25, 0.3) is 0 Å². The van der Waals surface area contributed by atoms with Gasteiger partial charge in [-0.2, -0.15) is 4.98 Å². The van der Waals surface area contributed by atoms with Gasteiger partial charge in [0.2, 0.25) is 15.9 Å². The first-order valence-electron chi connectivity index (χ1n) is 7.88. The SMILES string of the molecule is NCc1nc(CN2CCC(NS(=O)(=O)c3ccccc3)CC2)no1. The number of likely N-dealkylation sites (tertiary alicyclic amines) is 1. The van der Waals surface area contributed by atoms with E-state index >= 15 is 0 Å². The fraction of sp³-hybridized carbons (Fsp3) is 0.467. The molecule has 8 nitrogen and oxygen atoms in total. The second-order valence-corrected chi connectivity index (χ2v) is 7.51. The van der Waals surface area contributed by atoms with E-state index in [4.69, 9.17) is 10.3 Å². The number of nitrogens with one attached hydrogen (secondary N) is 1. The van der Waals surface area contributed by atoms with Crippen molar-refractivity contribution < 1.29 is 12.9 Å². The summed E-state index contributed by atoms with van der Waals surface area (Å²) in [7, 11) is -3.46. The first-order valence-corrected chi connectivity index (χ1v) is 9.36. The molecule has 0 saturated carbocycles. The summed E-state index contributed by atoms with van der Waals surface area (Å²) >= 11 is 0. The molecule has 0 unspecified atom stereocenters. The molecule has 1 saturated heterocycles. The fourth-order valence-corrected chi connectivity index (χ4v) is 4.06. The van der Waals surface area contributed by atoms with Crippen molar-refractivity contribution in [2.75, 3.05) is 13.1 Å². The molecule has 1 aromatic carbocycles. The maximum Gasteiger partial charge on any atom is 0.240 e. The molecule has 0 spiro atoms. The van der Waals surface area contributed by atoms with Gasteiger partial charge in [-0.1, -0.05) is 23.4 Å². The molecule has 1 aliphatic heterocycles.